The van der Waals surface area contributed by atoms with Gasteiger partial charge in [0.25, 0.3) is 0 Å². The van der Waals surface area contributed by atoms with Gasteiger partial charge in [-0.25, -0.2) is 19.6 Å². The summed E-state index contributed by atoms with van der Waals surface area (Å²) in [5, 5.41) is 0. The van der Waals surface area contributed by atoms with Crippen LogP contribution in [0.25, 0.3) is 11.4 Å². The molecule has 0 spiro atoms. The highest BCUT2D eigenvalue weighted by Gasteiger charge is 2.12. The van der Waals surface area contributed by atoms with E-state index in [4.69, 9.17) is 15.2 Å². The number of nitrogens with one attached hydrogen (secondary N) is 2. The molecule has 3 heterocycles. The molecule has 3 aromatic heterocycles. The Balaban J connectivity index is 0.000000240. The summed E-state index contributed by atoms with van der Waals surface area (Å²) in [6.45, 7) is 4.15. The molecule has 11 heteroatoms. The molecule has 0 radical (unpaired) electrons. The molecule has 34 heavy (non-hydrogen) atoms. The van der Waals surface area contributed by atoms with Crippen LogP contribution in [0, 0.1) is 0 Å². The summed E-state index contributed by atoms with van der Waals surface area (Å²) in [7, 11) is 3.64. The van der Waals surface area contributed by atoms with Crippen molar-refractivity contribution in [1.29, 1.82) is 0 Å². The highest BCUT2D eigenvalue weighted by atomic mass is 16.5. The first-order valence-corrected chi connectivity index (χ1v) is 10.4. The predicted octanol–water partition coefficient (Wildman–Crippen LogP) is 2.68. The number of rotatable bonds is 8. The zero-order valence-electron chi connectivity index (χ0n) is 19.5. The number of anilines is 1. The van der Waals surface area contributed by atoms with Crippen LogP contribution in [0.15, 0.2) is 49.1 Å². The molecule has 0 atom stereocenters. The van der Waals surface area contributed by atoms with Crippen molar-refractivity contribution in [1.82, 2.24) is 24.8 Å². The van der Waals surface area contributed by atoms with Gasteiger partial charge in [-0.15, -0.1) is 0 Å². The second kappa shape index (κ2) is 12.6. The van der Waals surface area contributed by atoms with Gasteiger partial charge in [-0.05, 0) is 32.0 Å². The fourth-order valence-electron chi connectivity index (χ4n) is 2.57. The number of allylic oxidation sites excluding steroid dienone is 1. The van der Waals surface area contributed by atoms with Crippen molar-refractivity contribution in [3.05, 3.63) is 65.9 Å². The topological polar surface area (TPSA) is 156 Å². The number of ether oxygens (including phenoxy) is 2. The first kappa shape index (κ1) is 25.8. The molecule has 0 saturated carbocycles. The SMILES string of the molecule is CCOC(=O)c1c[nH]c(-c2ccnc(N)n2)c1.CCOC(=O)c1c[nH]c(C(=O)/C=C/N(C)C)c1. The number of H-pyrrole nitrogens is 2. The van der Waals surface area contributed by atoms with E-state index < -0.39 is 5.97 Å². The Kier molecular flexibility index (Phi) is 9.56. The number of nitrogens with two attached hydrogens (primary N) is 1. The van der Waals surface area contributed by atoms with Gasteiger partial charge in [0.05, 0.1) is 41.4 Å². The van der Waals surface area contributed by atoms with E-state index in [0.29, 0.717) is 41.4 Å². The van der Waals surface area contributed by atoms with Crippen LogP contribution >= 0.6 is 0 Å². The molecular weight excluding hydrogens is 440 g/mol. The van der Waals surface area contributed by atoms with Gasteiger partial charge in [0, 0.05) is 45.0 Å². The van der Waals surface area contributed by atoms with Crippen molar-refractivity contribution < 1.29 is 23.9 Å². The minimum Gasteiger partial charge on any atom is -0.462 e. The molecule has 0 saturated heterocycles. The maximum atomic E-state index is 11.6. The average molecular weight is 469 g/mol. The summed E-state index contributed by atoms with van der Waals surface area (Å²) in [6, 6.07) is 4.86. The lowest BCUT2D eigenvalue weighted by molar-refractivity contribution is 0.0517. The summed E-state index contributed by atoms with van der Waals surface area (Å²) in [5.41, 5.74) is 7.99. The summed E-state index contributed by atoms with van der Waals surface area (Å²) < 4.78 is 9.71. The fraction of sp³-hybridized carbons (Fsp3) is 0.261. The second-order valence-electron chi connectivity index (χ2n) is 6.99. The fourth-order valence-corrected chi connectivity index (χ4v) is 2.57. The van der Waals surface area contributed by atoms with E-state index in [0.717, 1.165) is 0 Å². The Hall–Kier alpha value is -4.41. The van der Waals surface area contributed by atoms with Gasteiger partial charge in [-0.1, -0.05) is 0 Å². The molecule has 0 aliphatic rings. The number of ketones is 1. The zero-order valence-corrected chi connectivity index (χ0v) is 19.5. The highest BCUT2D eigenvalue weighted by Crippen LogP contribution is 2.17. The smallest absolute Gasteiger partial charge is 0.339 e. The number of esters is 2. The first-order chi connectivity index (χ1) is 16.2. The summed E-state index contributed by atoms with van der Waals surface area (Å²) in [6.07, 6.45) is 7.68. The Morgan fingerprint density at radius 2 is 1.65 bits per heavy atom. The molecule has 0 bridgehead atoms. The van der Waals surface area contributed by atoms with Gasteiger partial charge in [-0.3, -0.25) is 4.79 Å². The number of aromatic nitrogens is 4. The maximum absolute atomic E-state index is 11.6. The van der Waals surface area contributed by atoms with Crippen molar-refractivity contribution in [2.45, 2.75) is 13.8 Å². The largest absolute Gasteiger partial charge is 0.462 e. The third-order valence-corrected chi connectivity index (χ3v) is 4.13. The number of carbonyl (C=O) groups is 3. The normalized spacial score (nSPS) is 10.4. The molecule has 11 nitrogen and oxygen atoms in total. The minimum absolute atomic E-state index is 0.186. The Morgan fingerprint density at radius 1 is 1.03 bits per heavy atom. The van der Waals surface area contributed by atoms with Crippen LogP contribution in [-0.2, 0) is 9.47 Å². The molecule has 0 aromatic carbocycles. The number of nitrogen functional groups attached to an aromatic ring is 1. The number of hydrogen-bond donors (Lipinski definition) is 3. The maximum Gasteiger partial charge on any atom is 0.339 e. The van der Waals surface area contributed by atoms with E-state index in [-0.39, 0.29) is 17.7 Å². The number of aromatic amines is 2. The standard InChI is InChI=1S/C12H16N2O3.C11H12N4O2/c1-4-17-12(16)9-7-10(13-8-9)11(15)5-6-14(2)3;1-2-17-10(16)7-5-9(14-6-7)8-3-4-13-11(12)15-8/h5-8,13H,4H2,1-3H3;3-6,14H,2H2,1H3,(H2,12,13,15)/b6-5+;. The quantitative estimate of drug-likeness (QED) is 0.257. The number of carbonyl (C=O) groups excluding carboxylic acids is 3. The Bertz CT molecular complexity index is 1150. The van der Waals surface area contributed by atoms with Gasteiger partial charge in [0.15, 0.2) is 0 Å². The Morgan fingerprint density at radius 3 is 2.24 bits per heavy atom. The highest BCUT2D eigenvalue weighted by molar-refractivity contribution is 6.04. The third kappa shape index (κ3) is 7.62. The van der Waals surface area contributed by atoms with Crippen molar-refractivity contribution in [2.75, 3.05) is 33.0 Å². The summed E-state index contributed by atoms with van der Waals surface area (Å²) in [5.74, 6) is -0.791. The molecular formula is C23H28N6O5. The van der Waals surface area contributed by atoms with Crippen LogP contribution in [0.2, 0.25) is 0 Å². The zero-order chi connectivity index (χ0) is 25.1. The predicted molar refractivity (Wildman–Crippen MR) is 126 cm³/mol. The third-order valence-electron chi connectivity index (χ3n) is 4.13. The van der Waals surface area contributed by atoms with Crippen LogP contribution in [0.3, 0.4) is 0 Å². The van der Waals surface area contributed by atoms with Crippen LogP contribution in [0.1, 0.15) is 45.1 Å². The van der Waals surface area contributed by atoms with Gasteiger partial charge >= 0.3 is 11.9 Å². The van der Waals surface area contributed by atoms with E-state index in [2.05, 4.69) is 19.9 Å². The average Bonchev–Trinajstić information content (AvgIpc) is 3.49. The van der Waals surface area contributed by atoms with E-state index in [1.54, 1.807) is 49.5 Å². The molecule has 3 rings (SSSR count). The molecule has 0 fully saturated rings. The first-order valence-electron chi connectivity index (χ1n) is 10.4. The molecule has 0 aliphatic heterocycles. The van der Waals surface area contributed by atoms with Crippen LogP contribution in [0.5, 0.6) is 0 Å². The summed E-state index contributed by atoms with van der Waals surface area (Å²) in [4.78, 5) is 49.8. The van der Waals surface area contributed by atoms with Crippen molar-refractivity contribution in [3.63, 3.8) is 0 Å². The van der Waals surface area contributed by atoms with Crippen molar-refractivity contribution >= 4 is 23.7 Å². The molecule has 0 unspecified atom stereocenters. The number of nitrogens with zero attached hydrogens (tertiary/aromatic N) is 3. The molecule has 3 aromatic rings. The molecule has 4 N–H and O–H groups in total. The lowest BCUT2D eigenvalue weighted by atomic mass is 10.2. The lowest BCUT2D eigenvalue weighted by Crippen LogP contribution is -2.04. The molecule has 0 amide bonds. The van der Waals surface area contributed by atoms with E-state index in [9.17, 15) is 14.4 Å². The van der Waals surface area contributed by atoms with Crippen molar-refractivity contribution in [3.8, 4) is 11.4 Å². The van der Waals surface area contributed by atoms with Gasteiger partial charge in [0.2, 0.25) is 11.7 Å². The van der Waals surface area contributed by atoms with Crippen molar-refractivity contribution in [2.24, 2.45) is 0 Å². The second-order valence-corrected chi connectivity index (χ2v) is 6.99. The summed E-state index contributed by atoms with van der Waals surface area (Å²) >= 11 is 0. The van der Waals surface area contributed by atoms with Crippen LogP contribution < -0.4 is 5.73 Å². The van der Waals surface area contributed by atoms with Gasteiger partial charge in [0.1, 0.15) is 0 Å². The van der Waals surface area contributed by atoms with E-state index in [1.807, 2.05) is 14.1 Å². The van der Waals surface area contributed by atoms with Crippen LogP contribution in [0.4, 0.5) is 5.95 Å². The van der Waals surface area contributed by atoms with Gasteiger partial charge in [-0.2, -0.15) is 0 Å². The molecule has 180 valence electrons. The Labute approximate surface area is 197 Å². The monoisotopic (exact) mass is 468 g/mol. The van der Waals surface area contributed by atoms with Gasteiger partial charge < -0.3 is 30.1 Å². The van der Waals surface area contributed by atoms with E-state index in [1.165, 1.54) is 18.3 Å². The minimum atomic E-state index is -0.431. The van der Waals surface area contributed by atoms with E-state index >= 15 is 0 Å². The lowest BCUT2D eigenvalue weighted by Gasteiger charge is -2.01. The van der Waals surface area contributed by atoms with Crippen LogP contribution in [-0.4, -0.2) is 69.9 Å². The number of hydrogen-bond acceptors (Lipinski definition) is 9. The molecule has 0 aliphatic carbocycles.